The van der Waals surface area contributed by atoms with Crippen molar-refractivity contribution in [1.29, 1.82) is 0 Å². The normalized spacial score (nSPS) is 18.8. The van der Waals surface area contributed by atoms with Gasteiger partial charge in [-0.05, 0) is 37.1 Å². The Kier molecular flexibility index (Phi) is 5.07. The molecule has 0 aromatic heterocycles. The van der Waals surface area contributed by atoms with Gasteiger partial charge in [0.2, 0.25) is 5.91 Å². The van der Waals surface area contributed by atoms with E-state index in [-0.39, 0.29) is 11.8 Å². The number of carbonyl (C=O) groups excluding carboxylic acids is 2. The molecule has 1 saturated heterocycles. The lowest BCUT2D eigenvalue weighted by molar-refractivity contribution is -0.136. The number of hydrogen-bond donors (Lipinski definition) is 0. The zero-order valence-electron chi connectivity index (χ0n) is 14.7. The number of amides is 2. The summed E-state index contributed by atoms with van der Waals surface area (Å²) in [6.07, 6.45) is 4.43. The lowest BCUT2D eigenvalue weighted by Gasteiger charge is -2.36. The average Bonchev–Trinajstić information content (AvgIpc) is 3.15. The first-order valence-electron chi connectivity index (χ1n) is 8.91. The van der Waals surface area contributed by atoms with E-state index in [2.05, 4.69) is 0 Å². The number of carbonyl (C=O) groups is 2. The quantitative estimate of drug-likeness (QED) is 0.854. The van der Waals surface area contributed by atoms with E-state index in [1.165, 1.54) is 12.8 Å². The molecule has 0 atom stereocenters. The van der Waals surface area contributed by atoms with Crippen LogP contribution in [-0.4, -0.2) is 61.9 Å². The Balaban J connectivity index is 1.55. The summed E-state index contributed by atoms with van der Waals surface area (Å²) in [6, 6.07) is 7.70. The van der Waals surface area contributed by atoms with Crippen molar-refractivity contribution in [3.8, 4) is 0 Å². The minimum absolute atomic E-state index is 0.0632. The number of benzene rings is 1. The summed E-state index contributed by atoms with van der Waals surface area (Å²) >= 11 is 0. The van der Waals surface area contributed by atoms with Crippen LogP contribution in [0.4, 0.5) is 5.69 Å². The molecule has 1 saturated carbocycles. The topological polar surface area (TPSA) is 43.9 Å². The highest BCUT2D eigenvalue weighted by Gasteiger charge is 2.30. The minimum Gasteiger partial charge on any atom is -0.378 e. The predicted molar refractivity (Wildman–Crippen MR) is 95.2 cm³/mol. The van der Waals surface area contributed by atoms with Crippen molar-refractivity contribution >= 4 is 17.5 Å². The Labute approximate surface area is 144 Å². The SMILES string of the molecule is CN(C)c1ccc(C(=O)N2CCN(C(=O)C3CCCC3)CC2)cc1. The third kappa shape index (κ3) is 3.55. The second-order valence-electron chi connectivity index (χ2n) is 7.04. The molecular weight excluding hydrogens is 302 g/mol. The van der Waals surface area contributed by atoms with E-state index in [4.69, 9.17) is 0 Å². The molecule has 3 rings (SSSR count). The first kappa shape index (κ1) is 16.8. The molecule has 1 heterocycles. The molecule has 5 nitrogen and oxygen atoms in total. The first-order chi connectivity index (χ1) is 11.6. The van der Waals surface area contributed by atoms with Crippen molar-refractivity contribution < 1.29 is 9.59 Å². The summed E-state index contributed by atoms with van der Waals surface area (Å²) in [6.45, 7) is 2.59. The summed E-state index contributed by atoms with van der Waals surface area (Å²) < 4.78 is 0. The maximum atomic E-state index is 12.6. The predicted octanol–water partition coefficient (Wildman–Crippen LogP) is 2.23. The summed E-state index contributed by atoms with van der Waals surface area (Å²) in [5, 5.41) is 0. The van der Waals surface area contributed by atoms with Crippen LogP contribution in [0.3, 0.4) is 0 Å². The van der Waals surface area contributed by atoms with Gasteiger partial charge in [-0.25, -0.2) is 0 Å². The third-order valence-corrected chi connectivity index (χ3v) is 5.21. The molecular formula is C19H27N3O2. The van der Waals surface area contributed by atoms with Crippen LogP contribution >= 0.6 is 0 Å². The largest absolute Gasteiger partial charge is 0.378 e. The second-order valence-corrected chi connectivity index (χ2v) is 7.04. The van der Waals surface area contributed by atoms with E-state index in [1.54, 1.807) is 0 Å². The standard InChI is InChI=1S/C19H27N3O2/c1-20(2)17-9-7-16(8-10-17)19(24)22-13-11-21(12-14-22)18(23)15-5-3-4-6-15/h7-10,15H,3-6,11-14H2,1-2H3. The molecule has 1 aliphatic carbocycles. The second kappa shape index (κ2) is 7.24. The van der Waals surface area contributed by atoms with Gasteiger partial charge in [0.1, 0.15) is 0 Å². The molecule has 24 heavy (non-hydrogen) atoms. The van der Waals surface area contributed by atoms with Gasteiger partial charge in [-0.1, -0.05) is 12.8 Å². The summed E-state index contributed by atoms with van der Waals surface area (Å²) in [4.78, 5) is 30.9. The lowest BCUT2D eigenvalue weighted by Crippen LogP contribution is -2.51. The van der Waals surface area contributed by atoms with Crippen LogP contribution in [0.1, 0.15) is 36.0 Å². The molecule has 0 radical (unpaired) electrons. The van der Waals surface area contributed by atoms with E-state index in [0.717, 1.165) is 24.1 Å². The van der Waals surface area contributed by atoms with Gasteiger partial charge in [-0.2, -0.15) is 0 Å². The van der Waals surface area contributed by atoms with Crippen molar-refractivity contribution in [2.75, 3.05) is 45.2 Å². The zero-order valence-corrected chi connectivity index (χ0v) is 14.7. The van der Waals surface area contributed by atoms with Crippen LogP contribution < -0.4 is 4.90 Å². The van der Waals surface area contributed by atoms with Crippen LogP contribution in [0.25, 0.3) is 0 Å². The highest BCUT2D eigenvalue weighted by Crippen LogP contribution is 2.27. The molecule has 0 N–H and O–H groups in total. The van der Waals surface area contributed by atoms with Gasteiger partial charge >= 0.3 is 0 Å². The monoisotopic (exact) mass is 329 g/mol. The van der Waals surface area contributed by atoms with Crippen LogP contribution in [0, 0.1) is 5.92 Å². The number of rotatable bonds is 3. The van der Waals surface area contributed by atoms with Gasteiger partial charge in [0.05, 0.1) is 0 Å². The van der Waals surface area contributed by atoms with Gasteiger partial charge in [0.25, 0.3) is 5.91 Å². The van der Waals surface area contributed by atoms with E-state index in [9.17, 15) is 9.59 Å². The summed E-state index contributed by atoms with van der Waals surface area (Å²) in [5.41, 5.74) is 1.80. The molecule has 1 aromatic rings. The average molecular weight is 329 g/mol. The van der Waals surface area contributed by atoms with E-state index >= 15 is 0 Å². The molecule has 1 aliphatic heterocycles. The van der Waals surface area contributed by atoms with Crippen molar-refractivity contribution in [1.82, 2.24) is 9.80 Å². The Morgan fingerprint density at radius 2 is 1.46 bits per heavy atom. The summed E-state index contributed by atoms with van der Waals surface area (Å²) in [7, 11) is 3.97. The van der Waals surface area contributed by atoms with Gasteiger partial charge in [-0.3, -0.25) is 9.59 Å². The fourth-order valence-electron chi connectivity index (χ4n) is 3.65. The fraction of sp³-hybridized carbons (Fsp3) is 0.579. The number of nitrogens with zero attached hydrogens (tertiary/aromatic N) is 3. The number of piperazine rings is 1. The Morgan fingerprint density at radius 3 is 2.00 bits per heavy atom. The van der Waals surface area contributed by atoms with Crippen molar-refractivity contribution in [3.05, 3.63) is 29.8 Å². The molecule has 0 unspecified atom stereocenters. The Bertz CT molecular complexity index is 583. The van der Waals surface area contributed by atoms with E-state index in [1.807, 2.05) is 53.1 Å². The maximum absolute atomic E-state index is 12.6. The number of hydrogen-bond acceptors (Lipinski definition) is 3. The van der Waals surface area contributed by atoms with Crippen LogP contribution in [-0.2, 0) is 4.79 Å². The Hall–Kier alpha value is -2.04. The van der Waals surface area contributed by atoms with Gasteiger partial charge < -0.3 is 14.7 Å². The van der Waals surface area contributed by atoms with Gasteiger partial charge in [-0.15, -0.1) is 0 Å². The Morgan fingerprint density at radius 1 is 0.917 bits per heavy atom. The molecule has 2 amide bonds. The van der Waals surface area contributed by atoms with Crippen molar-refractivity contribution in [2.24, 2.45) is 5.92 Å². The van der Waals surface area contributed by atoms with Crippen LogP contribution in [0.2, 0.25) is 0 Å². The lowest BCUT2D eigenvalue weighted by atomic mass is 10.1. The van der Waals surface area contributed by atoms with Crippen LogP contribution in [0.15, 0.2) is 24.3 Å². The molecule has 0 spiro atoms. The third-order valence-electron chi connectivity index (χ3n) is 5.21. The molecule has 130 valence electrons. The van der Waals surface area contributed by atoms with E-state index < -0.39 is 0 Å². The van der Waals surface area contributed by atoms with Gasteiger partial charge in [0, 0.05) is 57.4 Å². The first-order valence-corrected chi connectivity index (χ1v) is 8.91. The number of anilines is 1. The molecule has 1 aromatic carbocycles. The molecule has 2 fully saturated rings. The molecule has 5 heteroatoms. The molecule has 0 bridgehead atoms. The van der Waals surface area contributed by atoms with Crippen LogP contribution in [0.5, 0.6) is 0 Å². The fourth-order valence-corrected chi connectivity index (χ4v) is 3.65. The smallest absolute Gasteiger partial charge is 0.253 e. The highest BCUT2D eigenvalue weighted by molar-refractivity contribution is 5.94. The van der Waals surface area contributed by atoms with Crippen molar-refractivity contribution in [3.63, 3.8) is 0 Å². The minimum atomic E-state index is 0.0632. The maximum Gasteiger partial charge on any atom is 0.253 e. The zero-order chi connectivity index (χ0) is 17.1. The molecule has 2 aliphatic rings. The summed E-state index contributed by atoms with van der Waals surface area (Å²) in [5.74, 6) is 0.592. The van der Waals surface area contributed by atoms with E-state index in [0.29, 0.717) is 32.1 Å². The highest BCUT2D eigenvalue weighted by atomic mass is 16.2. The van der Waals surface area contributed by atoms with Crippen molar-refractivity contribution in [2.45, 2.75) is 25.7 Å². The van der Waals surface area contributed by atoms with Gasteiger partial charge in [0.15, 0.2) is 0 Å².